The quantitative estimate of drug-likeness (QED) is 0.167. The molecule has 0 bridgehead atoms. The molecule has 9 rings (SSSR count). The lowest BCUT2D eigenvalue weighted by Crippen LogP contribution is -2.49. The van der Waals surface area contributed by atoms with E-state index in [0.29, 0.717) is 53.6 Å². The Morgan fingerprint density at radius 2 is 1.85 bits per heavy atom. The van der Waals surface area contributed by atoms with E-state index in [1.165, 1.54) is 32.2 Å². The van der Waals surface area contributed by atoms with Crippen LogP contribution in [-0.4, -0.2) is 119 Å². The maximum Gasteiger partial charge on any atom is 0.329 e. The predicted octanol–water partition coefficient (Wildman–Crippen LogP) is 4.19. The fourth-order valence-electron chi connectivity index (χ4n) is 8.34. The normalized spacial score (nSPS) is 18.8. The van der Waals surface area contributed by atoms with Gasteiger partial charge in [0.05, 0.1) is 28.3 Å². The molecule has 0 aliphatic carbocycles. The van der Waals surface area contributed by atoms with E-state index in [0.717, 1.165) is 56.0 Å². The van der Waals surface area contributed by atoms with Crippen LogP contribution in [0.25, 0.3) is 27.9 Å². The van der Waals surface area contributed by atoms with Crippen LogP contribution in [0.15, 0.2) is 53.9 Å². The number of amides is 3. The molecule has 3 fully saturated rings. The zero-order valence-corrected chi connectivity index (χ0v) is 34.2. The number of piperidine rings is 2. The number of nitrogens with zero attached hydrogens (tertiary/aromatic N) is 11. The average Bonchev–Trinajstić information content (AvgIpc) is 3.99. The number of aryl methyl sites for hydroxylation is 1. The van der Waals surface area contributed by atoms with Gasteiger partial charge in [-0.15, -0.1) is 5.10 Å². The molecule has 60 heavy (non-hydrogen) atoms. The second-order valence-electron chi connectivity index (χ2n) is 15.8. The molecule has 0 radical (unpaired) electrons. The molecule has 3 saturated heterocycles. The molecule has 3 aliphatic rings. The van der Waals surface area contributed by atoms with Crippen LogP contribution in [0.2, 0.25) is 0 Å². The second kappa shape index (κ2) is 15.8. The summed E-state index contributed by atoms with van der Waals surface area (Å²) >= 11 is 0. The molecule has 19 nitrogen and oxygen atoms in total. The number of pyridine rings is 1. The lowest BCUT2D eigenvalue weighted by molar-refractivity contribution is -0.120. The van der Waals surface area contributed by atoms with Crippen LogP contribution in [0.1, 0.15) is 57.6 Å². The first-order valence-corrected chi connectivity index (χ1v) is 21.5. The van der Waals surface area contributed by atoms with E-state index in [1.54, 1.807) is 24.1 Å². The maximum absolute atomic E-state index is 15.6. The summed E-state index contributed by atoms with van der Waals surface area (Å²) in [5, 5.41) is 21.7. The summed E-state index contributed by atoms with van der Waals surface area (Å²) in [6, 6.07) is 7.30. The Morgan fingerprint density at radius 3 is 2.60 bits per heavy atom. The number of hydrogen-bond acceptors (Lipinski definition) is 13. The van der Waals surface area contributed by atoms with Crippen molar-refractivity contribution < 1.29 is 27.1 Å². The lowest BCUT2D eigenvalue weighted by Gasteiger charge is -2.37. The van der Waals surface area contributed by atoms with Crippen LogP contribution in [0.4, 0.5) is 26.6 Å². The van der Waals surface area contributed by atoms with E-state index in [2.05, 4.69) is 45.9 Å². The van der Waals surface area contributed by atoms with Crippen LogP contribution < -0.4 is 20.3 Å². The topological polar surface area (TPSA) is 214 Å². The molecule has 1 unspecified atom stereocenters. The van der Waals surface area contributed by atoms with E-state index in [9.17, 15) is 18.0 Å². The van der Waals surface area contributed by atoms with Gasteiger partial charge in [0.1, 0.15) is 17.8 Å². The summed E-state index contributed by atoms with van der Waals surface area (Å²) in [6.07, 6.45) is 8.22. The predicted molar refractivity (Wildman–Crippen MR) is 218 cm³/mol. The summed E-state index contributed by atoms with van der Waals surface area (Å²) in [5.74, 6) is 0.275. The van der Waals surface area contributed by atoms with Gasteiger partial charge in [0.2, 0.25) is 27.5 Å². The number of nitrogens with one attached hydrogen (secondary N) is 3. The summed E-state index contributed by atoms with van der Waals surface area (Å²) in [7, 11) is -2.17. The van der Waals surface area contributed by atoms with Crippen molar-refractivity contribution in [1.82, 2.24) is 59.1 Å². The molecule has 3 amide bonds. The van der Waals surface area contributed by atoms with E-state index in [4.69, 9.17) is 9.72 Å². The average molecular weight is 841 g/mol. The molecule has 314 valence electrons. The Bertz CT molecular complexity index is 2690. The highest BCUT2D eigenvalue weighted by Crippen LogP contribution is 2.35. The number of aromatic amines is 1. The van der Waals surface area contributed by atoms with Gasteiger partial charge in [-0.3, -0.25) is 20.1 Å². The van der Waals surface area contributed by atoms with Gasteiger partial charge in [-0.05, 0) is 88.9 Å². The Hall–Kier alpha value is -6.06. The molecule has 1 aromatic carbocycles. The largest absolute Gasteiger partial charge is 0.485 e. The molecule has 0 saturated carbocycles. The summed E-state index contributed by atoms with van der Waals surface area (Å²) in [5.41, 5.74) is 3.25. The number of benzene rings is 1. The first-order chi connectivity index (χ1) is 28.9. The third-order valence-electron chi connectivity index (χ3n) is 11.3. The number of fused-ring (bicyclic) bond motifs is 2. The number of likely N-dealkylation sites (tertiary alicyclic amines) is 1. The molecule has 0 spiro atoms. The van der Waals surface area contributed by atoms with E-state index in [1.807, 2.05) is 26.0 Å². The molecular weight excluding hydrogens is 796 g/mol. The monoisotopic (exact) mass is 840 g/mol. The van der Waals surface area contributed by atoms with Crippen molar-refractivity contribution in [2.75, 3.05) is 49.5 Å². The smallest absolute Gasteiger partial charge is 0.329 e. The van der Waals surface area contributed by atoms with Crippen molar-refractivity contribution in [2.24, 2.45) is 13.0 Å². The number of anilines is 3. The third-order valence-corrected chi connectivity index (χ3v) is 13.2. The standard InChI is InChI=1S/C39H45FN14O5S/c1-23(2)59-34-33(26-18-42-43-19-26)41-22-54-37(34)47-38(49-54)45-31-8-6-27(17-29(31)40)60(57,58)52-13-4-5-24(21-52)20-51-14-10-25(11-15-51)30-9-7-28-35(44-30)50(3)48-36(28)53-16-12-32(55)46-39(53)56/h6-9,17-19,22-25H,4-5,10-16,20-21H2,1-3H3,(H,42,43)(H,45,49)(H,46,55,56). The number of halogens is 1. The Morgan fingerprint density at radius 1 is 1.02 bits per heavy atom. The number of imide groups is 1. The summed E-state index contributed by atoms with van der Waals surface area (Å²) in [4.78, 5) is 41.9. The van der Waals surface area contributed by atoms with Crippen LogP contribution in [0, 0.1) is 11.7 Å². The summed E-state index contributed by atoms with van der Waals surface area (Å²) < 4.78 is 54.0. The van der Waals surface area contributed by atoms with E-state index in [-0.39, 0.29) is 53.3 Å². The first-order valence-electron chi connectivity index (χ1n) is 20.1. The number of hydrogen-bond donors (Lipinski definition) is 3. The fourth-order valence-corrected chi connectivity index (χ4v) is 9.90. The number of H-pyrrole nitrogens is 1. The highest BCUT2D eigenvalue weighted by molar-refractivity contribution is 7.89. The van der Waals surface area contributed by atoms with Crippen LogP contribution in [-0.2, 0) is 21.9 Å². The van der Waals surface area contributed by atoms with Crippen molar-refractivity contribution >= 4 is 56.1 Å². The SMILES string of the molecule is CC(C)Oc1c(-c2cn[nH]c2)ncn2nc(Nc3ccc(S(=O)(=O)N4CCCC(CN5CCC(c6ccc7c(N8CCC(=O)NC8=O)nn(C)c7n6)CC5)C4)cc3F)nc12. The highest BCUT2D eigenvalue weighted by atomic mass is 32.2. The van der Waals surface area contributed by atoms with E-state index < -0.39 is 21.9 Å². The zero-order valence-electron chi connectivity index (χ0n) is 33.4. The van der Waals surface area contributed by atoms with Gasteiger partial charge >= 0.3 is 6.03 Å². The molecule has 5 aromatic heterocycles. The van der Waals surface area contributed by atoms with Crippen molar-refractivity contribution in [3.8, 4) is 17.0 Å². The fraction of sp³-hybridized carbons (Fsp3) is 0.436. The van der Waals surface area contributed by atoms with Crippen LogP contribution in [0.3, 0.4) is 0 Å². The highest BCUT2D eigenvalue weighted by Gasteiger charge is 2.34. The number of aromatic nitrogens is 9. The Balaban J connectivity index is 0.822. The minimum atomic E-state index is -3.97. The number of ether oxygens (including phenoxy) is 1. The van der Waals surface area contributed by atoms with Gasteiger partial charge in [0.25, 0.3) is 0 Å². The van der Waals surface area contributed by atoms with Gasteiger partial charge in [0.15, 0.2) is 17.2 Å². The second-order valence-corrected chi connectivity index (χ2v) is 17.7. The van der Waals surface area contributed by atoms with Gasteiger partial charge < -0.3 is 15.0 Å². The lowest BCUT2D eigenvalue weighted by atomic mass is 9.91. The van der Waals surface area contributed by atoms with Gasteiger partial charge in [0, 0.05) is 63.0 Å². The van der Waals surface area contributed by atoms with Gasteiger partial charge in [-0.1, -0.05) is 0 Å². The van der Waals surface area contributed by atoms with Crippen molar-refractivity contribution in [3.05, 3.63) is 60.6 Å². The number of urea groups is 1. The maximum atomic E-state index is 15.6. The number of carbonyl (C=O) groups is 2. The van der Waals surface area contributed by atoms with Crippen molar-refractivity contribution in [2.45, 2.75) is 62.9 Å². The summed E-state index contributed by atoms with van der Waals surface area (Å²) in [6.45, 7) is 7.21. The Kier molecular flexibility index (Phi) is 10.4. The zero-order chi connectivity index (χ0) is 41.7. The van der Waals surface area contributed by atoms with Gasteiger partial charge in [-0.2, -0.15) is 24.0 Å². The molecule has 8 heterocycles. The first kappa shape index (κ1) is 39.4. The molecule has 1 atom stereocenters. The molecule has 21 heteroatoms. The van der Waals surface area contributed by atoms with Crippen molar-refractivity contribution in [1.29, 1.82) is 0 Å². The Labute approximate surface area is 344 Å². The minimum Gasteiger partial charge on any atom is -0.485 e. The number of rotatable bonds is 11. The van der Waals surface area contributed by atoms with E-state index >= 15 is 4.39 Å². The van der Waals surface area contributed by atoms with Crippen LogP contribution >= 0.6 is 0 Å². The number of carbonyl (C=O) groups excluding carboxylic acids is 2. The number of sulfonamides is 1. The molecular formula is C39H45FN14O5S. The molecule has 3 aliphatic heterocycles. The van der Waals surface area contributed by atoms with Crippen LogP contribution in [0.5, 0.6) is 5.75 Å². The molecule has 3 N–H and O–H groups in total. The van der Waals surface area contributed by atoms with Crippen molar-refractivity contribution in [3.63, 3.8) is 0 Å². The van der Waals surface area contributed by atoms with Gasteiger partial charge in [-0.25, -0.2) is 32.3 Å². The third kappa shape index (κ3) is 7.63. The minimum absolute atomic E-state index is 0.0181. The molecule has 6 aromatic rings.